The Morgan fingerprint density at radius 3 is 2.95 bits per heavy atom. The molecule has 1 fully saturated rings. The highest BCUT2D eigenvalue weighted by molar-refractivity contribution is 5.30. The normalized spacial score (nSPS) is 16.1. The van der Waals surface area contributed by atoms with E-state index < -0.39 is 0 Å². The number of hydrogen-bond donors (Lipinski definition) is 1. The van der Waals surface area contributed by atoms with Gasteiger partial charge in [-0.05, 0) is 25.8 Å². The van der Waals surface area contributed by atoms with E-state index in [1.165, 1.54) is 6.07 Å². The van der Waals surface area contributed by atoms with Gasteiger partial charge in [0.25, 0.3) is 0 Å². The Hall–Kier alpha value is -1.95. The van der Waals surface area contributed by atoms with Crippen molar-refractivity contribution in [2.75, 3.05) is 0 Å². The molecule has 1 saturated carbocycles. The lowest BCUT2D eigenvalue weighted by atomic mass is 10.1. The van der Waals surface area contributed by atoms with E-state index in [0.29, 0.717) is 28.9 Å². The maximum Gasteiger partial charge on any atom is 0.229 e. The summed E-state index contributed by atoms with van der Waals surface area (Å²) in [6.45, 7) is 1.89. The van der Waals surface area contributed by atoms with Crippen LogP contribution in [0.25, 0.3) is 0 Å². The summed E-state index contributed by atoms with van der Waals surface area (Å²) in [5.74, 6) is 1.61. The first-order valence-electron chi connectivity index (χ1n) is 6.64. The van der Waals surface area contributed by atoms with Crippen molar-refractivity contribution < 1.29 is 13.7 Å². The van der Waals surface area contributed by atoms with Crippen LogP contribution in [-0.2, 0) is 6.61 Å². The zero-order valence-electron chi connectivity index (χ0n) is 11.2. The summed E-state index contributed by atoms with van der Waals surface area (Å²) >= 11 is 0. The monoisotopic (exact) mass is 277 g/mol. The fourth-order valence-electron chi connectivity index (χ4n) is 1.94. The SMILES string of the molecule is C[C@H](N)c1ccc(OCc2noc(C3CC3)n2)cc1F. The number of hydrogen-bond acceptors (Lipinski definition) is 5. The molecular weight excluding hydrogens is 261 g/mol. The highest BCUT2D eigenvalue weighted by Crippen LogP contribution is 2.38. The Bertz CT molecular complexity index is 608. The molecule has 0 saturated heterocycles. The molecule has 6 heteroatoms. The van der Waals surface area contributed by atoms with Crippen molar-refractivity contribution in [1.82, 2.24) is 10.1 Å². The van der Waals surface area contributed by atoms with Gasteiger partial charge >= 0.3 is 0 Å². The molecule has 20 heavy (non-hydrogen) atoms. The summed E-state index contributed by atoms with van der Waals surface area (Å²) in [6, 6.07) is 4.29. The van der Waals surface area contributed by atoms with Crippen molar-refractivity contribution in [3.8, 4) is 5.75 Å². The summed E-state index contributed by atoms with van der Waals surface area (Å²) in [7, 11) is 0. The third-order valence-electron chi connectivity index (χ3n) is 3.24. The van der Waals surface area contributed by atoms with Gasteiger partial charge in [-0.15, -0.1) is 0 Å². The third-order valence-corrected chi connectivity index (χ3v) is 3.24. The molecule has 0 spiro atoms. The second-order valence-corrected chi connectivity index (χ2v) is 5.08. The second-order valence-electron chi connectivity index (χ2n) is 5.08. The van der Waals surface area contributed by atoms with Gasteiger partial charge in [0.1, 0.15) is 11.6 Å². The van der Waals surface area contributed by atoms with Gasteiger partial charge in [-0.1, -0.05) is 11.2 Å². The molecule has 1 aromatic carbocycles. The molecule has 106 valence electrons. The Labute approximate surface area is 115 Å². The zero-order valence-corrected chi connectivity index (χ0v) is 11.2. The first-order chi connectivity index (χ1) is 9.63. The Balaban J connectivity index is 1.63. The first-order valence-corrected chi connectivity index (χ1v) is 6.64. The van der Waals surface area contributed by atoms with Crippen molar-refractivity contribution in [2.24, 2.45) is 5.73 Å². The summed E-state index contributed by atoms with van der Waals surface area (Å²) in [5, 5.41) is 3.84. The highest BCUT2D eigenvalue weighted by atomic mass is 19.1. The lowest BCUT2D eigenvalue weighted by Crippen LogP contribution is -2.07. The molecule has 2 aromatic rings. The lowest BCUT2D eigenvalue weighted by Gasteiger charge is -2.09. The summed E-state index contributed by atoms with van der Waals surface area (Å²) in [6.07, 6.45) is 2.21. The van der Waals surface area contributed by atoms with Crippen LogP contribution >= 0.6 is 0 Å². The minimum atomic E-state index is -0.371. The predicted molar refractivity (Wildman–Crippen MR) is 69.6 cm³/mol. The van der Waals surface area contributed by atoms with Crippen molar-refractivity contribution >= 4 is 0 Å². The molecule has 0 radical (unpaired) electrons. The fraction of sp³-hybridized carbons (Fsp3) is 0.429. The van der Waals surface area contributed by atoms with Crippen LogP contribution in [-0.4, -0.2) is 10.1 Å². The van der Waals surface area contributed by atoms with Crippen LogP contribution in [0.1, 0.15) is 49.0 Å². The van der Waals surface area contributed by atoms with E-state index in [2.05, 4.69) is 10.1 Å². The van der Waals surface area contributed by atoms with Crippen LogP contribution in [0.2, 0.25) is 0 Å². The first kappa shape index (κ1) is 13.1. The Morgan fingerprint density at radius 2 is 2.30 bits per heavy atom. The number of aromatic nitrogens is 2. The number of ether oxygens (including phenoxy) is 1. The van der Waals surface area contributed by atoms with Crippen molar-refractivity contribution in [2.45, 2.75) is 38.3 Å². The van der Waals surface area contributed by atoms with E-state index in [9.17, 15) is 4.39 Å². The van der Waals surface area contributed by atoms with Gasteiger partial charge in [-0.3, -0.25) is 0 Å². The van der Waals surface area contributed by atoms with E-state index in [1.54, 1.807) is 19.1 Å². The topological polar surface area (TPSA) is 74.2 Å². The molecule has 1 aromatic heterocycles. The number of nitrogens with zero attached hydrogens (tertiary/aromatic N) is 2. The Morgan fingerprint density at radius 1 is 1.50 bits per heavy atom. The number of benzene rings is 1. The molecule has 0 aliphatic heterocycles. The molecular formula is C14H16FN3O2. The van der Waals surface area contributed by atoms with Gasteiger partial charge in [0.15, 0.2) is 6.61 Å². The molecule has 1 aliphatic rings. The van der Waals surface area contributed by atoms with Gasteiger partial charge in [0.2, 0.25) is 11.7 Å². The van der Waals surface area contributed by atoms with Crippen LogP contribution in [0.5, 0.6) is 5.75 Å². The molecule has 2 N–H and O–H groups in total. The molecule has 1 atom stereocenters. The summed E-state index contributed by atoms with van der Waals surface area (Å²) in [5.41, 5.74) is 6.12. The fourth-order valence-corrected chi connectivity index (χ4v) is 1.94. The Kier molecular flexibility index (Phi) is 3.40. The average molecular weight is 277 g/mol. The minimum Gasteiger partial charge on any atom is -0.485 e. The molecule has 0 amide bonds. The largest absolute Gasteiger partial charge is 0.485 e. The summed E-state index contributed by atoms with van der Waals surface area (Å²) < 4.78 is 24.3. The predicted octanol–water partition coefficient (Wildman–Crippen LogP) is 2.68. The lowest BCUT2D eigenvalue weighted by molar-refractivity contribution is 0.283. The average Bonchev–Trinajstić information content (AvgIpc) is 3.15. The molecule has 1 aliphatic carbocycles. The van der Waals surface area contributed by atoms with Crippen molar-refractivity contribution in [1.29, 1.82) is 0 Å². The van der Waals surface area contributed by atoms with Crippen LogP contribution in [0.3, 0.4) is 0 Å². The maximum atomic E-state index is 13.7. The third kappa shape index (κ3) is 2.80. The van der Waals surface area contributed by atoms with Crippen LogP contribution < -0.4 is 10.5 Å². The van der Waals surface area contributed by atoms with E-state index >= 15 is 0 Å². The quantitative estimate of drug-likeness (QED) is 0.909. The molecule has 0 bridgehead atoms. The zero-order chi connectivity index (χ0) is 14.1. The molecule has 5 nitrogen and oxygen atoms in total. The van der Waals surface area contributed by atoms with E-state index in [1.807, 2.05) is 0 Å². The van der Waals surface area contributed by atoms with Crippen molar-refractivity contribution in [3.63, 3.8) is 0 Å². The molecule has 0 unspecified atom stereocenters. The minimum absolute atomic E-state index is 0.160. The smallest absolute Gasteiger partial charge is 0.229 e. The number of rotatable bonds is 5. The summed E-state index contributed by atoms with van der Waals surface area (Å²) in [4.78, 5) is 4.24. The highest BCUT2D eigenvalue weighted by Gasteiger charge is 2.29. The van der Waals surface area contributed by atoms with Gasteiger partial charge < -0.3 is 15.0 Å². The van der Waals surface area contributed by atoms with E-state index in [0.717, 1.165) is 12.8 Å². The van der Waals surface area contributed by atoms with E-state index in [-0.39, 0.29) is 18.5 Å². The number of halogens is 1. The molecule has 3 rings (SSSR count). The van der Waals surface area contributed by atoms with Gasteiger partial charge in [-0.25, -0.2) is 4.39 Å². The number of nitrogens with two attached hydrogens (primary N) is 1. The van der Waals surface area contributed by atoms with Gasteiger partial charge in [-0.2, -0.15) is 4.98 Å². The van der Waals surface area contributed by atoms with Gasteiger partial charge in [0.05, 0.1) is 0 Å². The van der Waals surface area contributed by atoms with Gasteiger partial charge in [0, 0.05) is 23.6 Å². The van der Waals surface area contributed by atoms with E-state index in [4.69, 9.17) is 15.0 Å². The van der Waals surface area contributed by atoms with Crippen LogP contribution in [0.4, 0.5) is 4.39 Å². The second kappa shape index (κ2) is 5.20. The molecule has 1 heterocycles. The standard InChI is InChI=1S/C14H16FN3O2/c1-8(16)11-5-4-10(6-12(11)15)19-7-13-17-14(20-18-13)9-2-3-9/h4-6,8-9H,2-3,7,16H2,1H3/t8-/m0/s1. The van der Waals surface area contributed by atoms with Crippen LogP contribution in [0, 0.1) is 5.82 Å². The van der Waals surface area contributed by atoms with Crippen molar-refractivity contribution in [3.05, 3.63) is 41.3 Å². The van der Waals surface area contributed by atoms with Crippen LogP contribution in [0.15, 0.2) is 22.7 Å². The maximum absolute atomic E-state index is 13.7.